The highest BCUT2D eigenvalue weighted by molar-refractivity contribution is 5.98. The molecule has 174 valence electrons. The van der Waals surface area contributed by atoms with Gasteiger partial charge in [0.2, 0.25) is 5.91 Å². The molecule has 0 spiro atoms. The van der Waals surface area contributed by atoms with E-state index in [0.29, 0.717) is 26.4 Å². The molecule has 0 fully saturated rings. The molecule has 0 aliphatic heterocycles. The molecule has 8 heteroatoms. The molecule has 0 bridgehead atoms. The average Bonchev–Trinajstić information content (AvgIpc) is 2.75. The molecule has 0 aliphatic carbocycles. The largest absolute Gasteiger partial charge is 0.379 e. The number of hydrogen-bond donors (Lipinski definition) is 2. The second kappa shape index (κ2) is 12.9. The number of ether oxygens (including phenoxy) is 2. The molecule has 2 N–H and O–H groups in total. The van der Waals surface area contributed by atoms with E-state index < -0.39 is 35.1 Å². The van der Waals surface area contributed by atoms with Gasteiger partial charge in [0.05, 0.1) is 19.8 Å². The fourth-order valence-electron chi connectivity index (χ4n) is 3.04. The highest BCUT2D eigenvalue weighted by atomic mass is 19.1. The summed E-state index contributed by atoms with van der Waals surface area (Å²) in [5, 5.41) is 5.22. The number of rotatable bonds is 12. The molecular formula is C24H30F2N2O4. The number of nitrogens with one attached hydrogen (secondary N) is 2. The summed E-state index contributed by atoms with van der Waals surface area (Å²) in [6, 6.07) is 9.78. The lowest BCUT2D eigenvalue weighted by atomic mass is 10.0. The van der Waals surface area contributed by atoms with Crippen molar-refractivity contribution in [3.63, 3.8) is 0 Å². The minimum atomic E-state index is -0.981. The van der Waals surface area contributed by atoms with Crippen LogP contribution in [0.25, 0.3) is 0 Å². The summed E-state index contributed by atoms with van der Waals surface area (Å²) in [5.41, 5.74) is 1.11. The quantitative estimate of drug-likeness (QED) is 0.487. The predicted molar refractivity (Wildman–Crippen MR) is 117 cm³/mol. The lowest BCUT2D eigenvalue weighted by Gasteiger charge is -2.22. The van der Waals surface area contributed by atoms with Gasteiger partial charge in [-0.1, -0.05) is 44.2 Å². The molecule has 6 nitrogen and oxygen atoms in total. The summed E-state index contributed by atoms with van der Waals surface area (Å²) in [4.78, 5) is 25.1. The van der Waals surface area contributed by atoms with Crippen LogP contribution in [0.1, 0.15) is 42.3 Å². The summed E-state index contributed by atoms with van der Waals surface area (Å²) in [5.74, 6) is -3.67. The smallest absolute Gasteiger partial charge is 0.257 e. The fourth-order valence-corrected chi connectivity index (χ4v) is 3.04. The van der Waals surface area contributed by atoms with Gasteiger partial charge < -0.3 is 20.1 Å². The Balaban J connectivity index is 1.94. The Morgan fingerprint density at radius 2 is 1.59 bits per heavy atom. The SMILES string of the molecule is CCOCCOCc1cccc(CNC(=O)C(NC(=O)c2c(F)cccc2F)C(C)C)c1. The second-order valence-electron chi connectivity index (χ2n) is 7.58. The van der Waals surface area contributed by atoms with Crippen molar-refractivity contribution in [2.75, 3.05) is 19.8 Å². The Kier molecular flexibility index (Phi) is 10.2. The predicted octanol–water partition coefficient (Wildman–Crippen LogP) is 3.59. The van der Waals surface area contributed by atoms with Gasteiger partial charge in [0, 0.05) is 13.2 Å². The topological polar surface area (TPSA) is 76.7 Å². The summed E-state index contributed by atoms with van der Waals surface area (Å²) >= 11 is 0. The maximum absolute atomic E-state index is 13.9. The Bertz CT molecular complexity index is 885. The monoisotopic (exact) mass is 448 g/mol. The maximum Gasteiger partial charge on any atom is 0.257 e. The van der Waals surface area contributed by atoms with Gasteiger partial charge in [0.25, 0.3) is 5.91 Å². The van der Waals surface area contributed by atoms with Gasteiger partial charge in [0.1, 0.15) is 23.2 Å². The van der Waals surface area contributed by atoms with E-state index in [1.54, 1.807) is 13.8 Å². The van der Waals surface area contributed by atoms with E-state index in [4.69, 9.17) is 9.47 Å². The molecule has 2 rings (SSSR count). The van der Waals surface area contributed by atoms with Crippen LogP contribution in [0.5, 0.6) is 0 Å². The molecule has 0 aromatic heterocycles. The van der Waals surface area contributed by atoms with Crippen molar-refractivity contribution < 1.29 is 27.8 Å². The van der Waals surface area contributed by atoms with Crippen molar-refractivity contribution in [3.8, 4) is 0 Å². The minimum absolute atomic E-state index is 0.235. The molecule has 0 heterocycles. The lowest BCUT2D eigenvalue weighted by Crippen LogP contribution is -2.49. The van der Waals surface area contributed by atoms with E-state index in [1.165, 1.54) is 6.07 Å². The Hall–Kier alpha value is -2.84. The van der Waals surface area contributed by atoms with E-state index in [-0.39, 0.29) is 12.5 Å². The highest BCUT2D eigenvalue weighted by Crippen LogP contribution is 2.13. The fraction of sp³-hybridized carbons (Fsp3) is 0.417. The van der Waals surface area contributed by atoms with Crippen molar-refractivity contribution in [2.45, 2.75) is 40.0 Å². The Morgan fingerprint density at radius 1 is 0.969 bits per heavy atom. The van der Waals surface area contributed by atoms with Gasteiger partial charge in [-0.15, -0.1) is 0 Å². The number of carbonyl (C=O) groups excluding carboxylic acids is 2. The Morgan fingerprint density at radius 3 is 2.25 bits per heavy atom. The molecule has 0 saturated heterocycles. The molecule has 1 atom stereocenters. The zero-order valence-corrected chi connectivity index (χ0v) is 18.6. The highest BCUT2D eigenvalue weighted by Gasteiger charge is 2.27. The molecule has 32 heavy (non-hydrogen) atoms. The van der Waals surface area contributed by atoms with E-state index >= 15 is 0 Å². The van der Waals surface area contributed by atoms with Crippen molar-refractivity contribution in [1.29, 1.82) is 0 Å². The average molecular weight is 449 g/mol. The van der Waals surface area contributed by atoms with Gasteiger partial charge in [-0.2, -0.15) is 0 Å². The number of benzene rings is 2. The van der Waals surface area contributed by atoms with Crippen LogP contribution in [0.3, 0.4) is 0 Å². The van der Waals surface area contributed by atoms with Crippen molar-refractivity contribution in [2.24, 2.45) is 5.92 Å². The van der Waals surface area contributed by atoms with E-state index in [9.17, 15) is 18.4 Å². The normalized spacial score (nSPS) is 11.9. The molecule has 0 radical (unpaired) electrons. The standard InChI is InChI=1S/C24H30F2N2O4/c1-4-31-11-12-32-15-18-8-5-7-17(13-18)14-27-24(30)22(16(2)3)28-23(29)21-19(25)9-6-10-20(21)26/h5-10,13,16,22H,4,11-12,14-15H2,1-3H3,(H,27,30)(H,28,29). The van der Waals surface area contributed by atoms with E-state index in [2.05, 4.69) is 10.6 Å². The third kappa shape index (κ3) is 7.69. The van der Waals surface area contributed by atoms with Crippen LogP contribution in [-0.2, 0) is 27.4 Å². The molecule has 2 aromatic carbocycles. The van der Waals surface area contributed by atoms with E-state index in [0.717, 1.165) is 23.3 Å². The number of hydrogen-bond acceptors (Lipinski definition) is 4. The van der Waals surface area contributed by atoms with Gasteiger partial charge >= 0.3 is 0 Å². The molecule has 1 unspecified atom stereocenters. The van der Waals surface area contributed by atoms with Crippen LogP contribution in [0, 0.1) is 17.6 Å². The van der Waals surface area contributed by atoms with Gasteiger partial charge in [-0.3, -0.25) is 9.59 Å². The van der Waals surface area contributed by atoms with Gasteiger partial charge in [-0.25, -0.2) is 8.78 Å². The van der Waals surface area contributed by atoms with Crippen LogP contribution in [0.2, 0.25) is 0 Å². The third-order valence-corrected chi connectivity index (χ3v) is 4.73. The first-order chi connectivity index (χ1) is 15.3. The molecular weight excluding hydrogens is 418 g/mol. The van der Waals surface area contributed by atoms with Crippen LogP contribution in [-0.4, -0.2) is 37.7 Å². The van der Waals surface area contributed by atoms with Crippen molar-refractivity contribution >= 4 is 11.8 Å². The summed E-state index contributed by atoms with van der Waals surface area (Å²) in [6.07, 6.45) is 0. The van der Waals surface area contributed by atoms with Crippen LogP contribution in [0.4, 0.5) is 8.78 Å². The molecule has 0 aliphatic rings. The third-order valence-electron chi connectivity index (χ3n) is 4.73. The number of carbonyl (C=O) groups is 2. The minimum Gasteiger partial charge on any atom is -0.379 e. The van der Waals surface area contributed by atoms with Crippen molar-refractivity contribution in [1.82, 2.24) is 10.6 Å². The lowest BCUT2D eigenvalue weighted by molar-refractivity contribution is -0.124. The zero-order valence-electron chi connectivity index (χ0n) is 18.6. The van der Waals surface area contributed by atoms with Crippen molar-refractivity contribution in [3.05, 3.63) is 70.8 Å². The molecule has 2 aromatic rings. The van der Waals surface area contributed by atoms with Gasteiger partial charge in [-0.05, 0) is 36.1 Å². The Labute approximate surface area is 187 Å². The van der Waals surface area contributed by atoms with Gasteiger partial charge in [0.15, 0.2) is 0 Å². The summed E-state index contributed by atoms with van der Waals surface area (Å²) in [6.45, 7) is 7.73. The zero-order chi connectivity index (χ0) is 23.5. The summed E-state index contributed by atoms with van der Waals surface area (Å²) in [7, 11) is 0. The van der Waals surface area contributed by atoms with Crippen LogP contribution < -0.4 is 10.6 Å². The first-order valence-corrected chi connectivity index (χ1v) is 10.6. The molecule has 2 amide bonds. The van der Waals surface area contributed by atoms with Crippen LogP contribution in [0.15, 0.2) is 42.5 Å². The first kappa shape index (κ1) is 25.4. The second-order valence-corrected chi connectivity index (χ2v) is 7.58. The van der Waals surface area contributed by atoms with Crippen LogP contribution >= 0.6 is 0 Å². The number of amides is 2. The number of halogens is 2. The maximum atomic E-state index is 13.9. The van der Waals surface area contributed by atoms with E-state index in [1.807, 2.05) is 31.2 Å². The molecule has 0 saturated carbocycles. The first-order valence-electron chi connectivity index (χ1n) is 10.6. The summed E-state index contributed by atoms with van der Waals surface area (Å²) < 4.78 is 38.6.